The number of halogens is 3. The van der Waals surface area contributed by atoms with Gasteiger partial charge in [0.05, 0.1) is 29.6 Å². The first-order valence-corrected chi connectivity index (χ1v) is 5.89. The van der Waals surface area contributed by atoms with Crippen LogP contribution in [0, 0.1) is 6.92 Å². The Morgan fingerprint density at radius 3 is 2.50 bits per heavy atom. The predicted octanol–water partition coefficient (Wildman–Crippen LogP) is 2.67. The molecule has 0 radical (unpaired) electrons. The fourth-order valence-corrected chi connectivity index (χ4v) is 2.04. The zero-order valence-corrected chi connectivity index (χ0v) is 11.0. The lowest BCUT2D eigenvalue weighted by Gasteiger charge is -2.14. The molecule has 0 aliphatic carbocycles. The molecule has 0 unspecified atom stereocenters. The summed E-state index contributed by atoms with van der Waals surface area (Å²) in [5.41, 5.74) is 5.86. The Morgan fingerprint density at radius 1 is 1.30 bits per heavy atom. The number of aryl methyl sites for hydroxylation is 1. The lowest BCUT2D eigenvalue weighted by Crippen LogP contribution is -2.12. The molecule has 1 aromatic carbocycles. The Hall–Kier alpha value is -2.02. The van der Waals surface area contributed by atoms with Crippen molar-refractivity contribution in [3.05, 3.63) is 41.1 Å². The summed E-state index contributed by atoms with van der Waals surface area (Å²) in [5, 5.41) is 4.11. The summed E-state index contributed by atoms with van der Waals surface area (Å²) in [6, 6.07) is 5.20. The fourth-order valence-electron chi connectivity index (χ4n) is 2.04. The largest absolute Gasteiger partial charge is 0.481 e. The van der Waals surface area contributed by atoms with Gasteiger partial charge in [-0.3, -0.25) is 0 Å². The van der Waals surface area contributed by atoms with Crippen LogP contribution < -0.4 is 10.5 Å². The van der Waals surface area contributed by atoms with Crippen molar-refractivity contribution in [1.29, 1.82) is 0 Å². The van der Waals surface area contributed by atoms with Gasteiger partial charge in [0.15, 0.2) is 0 Å². The highest BCUT2D eigenvalue weighted by atomic mass is 19.4. The van der Waals surface area contributed by atoms with Gasteiger partial charge in [-0.25, -0.2) is 0 Å². The third kappa shape index (κ3) is 2.36. The summed E-state index contributed by atoms with van der Waals surface area (Å²) in [7, 11) is 1.38. The standard InChI is InChI=1S/C13H14F3N3O/c1-8-9(7-17)12(20-2)19(18-8)11-6-4-3-5-10(11)13(14,15)16/h3-6H,7,17H2,1-2H3. The Balaban J connectivity index is 2.70. The monoisotopic (exact) mass is 285 g/mol. The summed E-state index contributed by atoms with van der Waals surface area (Å²) >= 11 is 0. The van der Waals surface area contributed by atoms with Crippen molar-refractivity contribution in [3.63, 3.8) is 0 Å². The van der Waals surface area contributed by atoms with Gasteiger partial charge in [0.1, 0.15) is 0 Å². The SMILES string of the molecule is COc1c(CN)c(C)nn1-c1ccccc1C(F)(F)F. The topological polar surface area (TPSA) is 53.1 Å². The van der Waals surface area contributed by atoms with Crippen molar-refractivity contribution in [1.82, 2.24) is 9.78 Å². The van der Waals surface area contributed by atoms with Crippen molar-refractivity contribution in [3.8, 4) is 11.6 Å². The molecule has 0 amide bonds. The molecule has 2 rings (SSSR count). The van der Waals surface area contributed by atoms with Gasteiger partial charge < -0.3 is 10.5 Å². The predicted molar refractivity (Wildman–Crippen MR) is 67.7 cm³/mol. The van der Waals surface area contributed by atoms with Gasteiger partial charge in [0.25, 0.3) is 0 Å². The highest BCUT2D eigenvalue weighted by molar-refractivity contribution is 5.47. The Labute approximate surface area is 114 Å². The molecule has 0 aliphatic heterocycles. The Kier molecular flexibility index (Phi) is 3.71. The first kappa shape index (κ1) is 14.4. The number of nitrogens with two attached hydrogens (primary N) is 1. The molecule has 4 nitrogen and oxygen atoms in total. The molecule has 108 valence electrons. The van der Waals surface area contributed by atoms with Crippen LogP contribution in [0.15, 0.2) is 24.3 Å². The average Bonchev–Trinajstić information content (AvgIpc) is 2.73. The smallest absolute Gasteiger partial charge is 0.418 e. The summed E-state index contributed by atoms with van der Waals surface area (Å²) in [6.07, 6.45) is -4.47. The van der Waals surface area contributed by atoms with Gasteiger partial charge in [-0.15, -0.1) is 0 Å². The number of hydrogen-bond donors (Lipinski definition) is 1. The van der Waals surface area contributed by atoms with Crippen LogP contribution in [0.3, 0.4) is 0 Å². The van der Waals surface area contributed by atoms with E-state index in [2.05, 4.69) is 5.10 Å². The van der Waals surface area contributed by atoms with Gasteiger partial charge in [-0.2, -0.15) is 23.0 Å². The van der Waals surface area contributed by atoms with Crippen LogP contribution in [0.5, 0.6) is 5.88 Å². The maximum absolute atomic E-state index is 13.1. The van der Waals surface area contributed by atoms with E-state index in [4.69, 9.17) is 10.5 Å². The van der Waals surface area contributed by atoms with Gasteiger partial charge in [0.2, 0.25) is 5.88 Å². The molecule has 1 aromatic heterocycles. The van der Waals surface area contributed by atoms with E-state index >= 15 is 0 Å². The molecule has 0 spiro atoms. The van der Waals surface area contributed by atoms with E-state index in [0.717, 1.165) is 10.7 Å². The van der Waals surface area contributed by atoms with Gasteiger partial charge >= 0.3 is 6.18 Å². The maximum atomic E-state index is 13.1. The zero-order chi connectivity index (χ0) is 14.9. The van der Waals surface area contributed by atoms with Crippen molar-refractivity contribution >= 4 is 0 Å². The number of methoxy groups -OCH3 is 1. The van der Waals surface area contributed by atoms with Crippen LogP contribution >= 0.6 is 0 Å². The molecular formula is C13H14F3N3O. The second-order valence-corrected chi connectivity index (χ2v) is 4.20. The molecule has 1 heterocycles. The van der Waals surface area contributed by atoms with E-state index in [1.807, 2.05) is 0 Å². The third-order valence-corrected chi connectivity index (χ3v) is 2.97. The lowest BCUT2D eigenvalue weighted by atomic mass is 10.1. The van der Waals surface area contributed by atoms with E-state index in [9.17, 15) is 13.2 Å². The summed E-state index contributed by atoms with van der Waals surface area (Å²) < 4.78 is 45.5. The van der Waals surface area contributed by atoms with Crippen molar-refractivity contribution in [2.24, 2.45) is 5.73 Å². The normalized spacial score (nSPS) is 11.7. The van der Waals surface area contributed by atoms with Gasteiger partial charge in [-0.05, 0) is 19.1 Å². The van der Waals surface area contributed by atoms with Crippen LogP contribution in [0.1, 0.15) is 16.8 Å². The molecule has 0 saturated carbocycles. The van der Waals surface area contributed by atoms with Crippen LogP contribution in [-0.2, 0) is 12.7 Å². The van der Waals surface area contributed by atoms with E-state index in [0.29, 0.717) is 11.3 Å². The molecule has 0 bridgehead atoms. The van der Waals surface area contributed by atoms with Crippen molar-refractivity contribution < 1.29 is 17.9 Å². The molecule has 2 N–H and O–H groups in total. The minimum absolute atomic E-state index is 0.0837. The highest BCUT2D eigenvalue weighted by Crippen LogP contribution is 2.36. The molecule has 7 heteroatoms. The highest BCUT2D eigenvalue weighted by Gasteiger charge is 2.34. The van der Waals surface area contributed by atoms with Crippen LogP contribution in [0.2, 0.25) is 0 Å². The second-order valence-electron chi connectivity index (χ2n) is 4.20. The molecule has 20 heavy (non-hydrogen) atoms. The number of rotatable bonds is 3. The Morgan fingerprint density at radius 2 is 1.95 bits per heavy atom. The number of hydrogen-bond acceptors (Lipinski definition) is 3. The number of aromatic nitrogens is 2. The Bertz CT molecular complexity index is 620. The number of nitrogens with zero attached hydrogens (tertiary/aromatic N) is 2. The minimum Gasteiger partial charge on any atom is -0.481 e. The molecule has 0 aliphatic rings. The first-order chi connectivity index (χ1) is 9.40. The van der Waals surface area contributed by atoms with E-state index in [1.54, 1.807) is 6.92 Å². The van der Waals surface area contributed by atoms with Crippen LogP contribution in [0.4, 0.5) is 13.2 Å². The maximum Gasteiger partial charge on any atom is 0.418 e. The minimum atomic E-state index is -4.47. The third-order valence-electron chi connectivity index (χ3n) is 2.97. The van der Waals surface area contributed by atoms with E-state index in [-0.39, 0.29) is 18.1 Å². The second kappa shape index (κ2) is 5.16. The van der Waals surface area contributed by atoms with Crippen molar-refractivity contribution in [2.75, 3.05) is 7.11 Å². The molecule has 0 atom stereocenters. The number of ether oxygens (including phenoxy) is 1. The van der Waals surface area contributed by atoms with E-state index < -0.39 is 11.7 Å². The van der Waals surface area contributed by atoms with Crippen LogP contribution in [0.25, 0.3) is 5.69 Å². The number of alkyl halides is 3. The summed E-state index contributed by atoms with van der Waals surface area (Å²) in [4.78, 5) is 0. The van der Waals surface area contributed by atoms with Crippen molar-refractivity contribution in [2.45, 2.75) is 19.6 Å². The fraction of sp³-hybridized carbons (Fsp3) is 0.308. The molecule has 0 fully saturated rings. The first-order valence-electron chi connectivity index (χ1n) is 5.89. The summed E-state index contributed by atoms with van der Waals surface area (Å²) in [6.45, 7) is 1.82. The van der Waals surface area contributed by atoms with Crippen LogP contribution in [-0.4, -0.2) is 16.9 Å². The number of para-hydroxylation sites is 1. The quantitative estimate of drug-likeness (QED) is 0.943. The summed E-state index contributed by atoms with van der Waals surface area (Å²) in [5.74, 6) is 0.224. The van der Waals surface area contributed by atoms with Gasteiger partial charge in [-0.1, -0.05) is 12.1 Å². The molecule has 0 saturated heterocycles. The average molecular weight is 285 g/mol. The zero-order valence-electron chi connectivity index (χ0n) is 11.0. The molecular weight excluding hydrogens is 271 g/mol. The lowest BCUT2D eigenvalue weighted by molar-refractivity contribution is -0.137. The van der Waals surface area contributed by atoms with Gasteiger partial charge in [0, 0.05) is 6.54 Å². The number of benzene rings is 1. The van der Waals surface area contributed by atoms with E-state index in [1.165, 1.54) is 25.3 Å². The molecule has 2 aromatic rings.